The molecule has 3 N–H and O–H groups in total. The number of Topliss-reactive ketones (excluding diaryl/α,β-unsaturated/α-hetero) is 1. The maximum absolute atomic E-state index is 14.3. The van der Waals surface area contributed by atoms with Crippen molar-refractivity contribution in [2.45, 2.75) is 75.8 Å². The van der Waals surface area contributed by atoms with Gasteiger partial charge in [0.15, 0.2) is 0 Å². The molecule has 45 heavy (non-hydrogen) atoms. The van der Waals surface area contributed by atoms with Crippen LogP contribution in [0.5, 0.6) is 0 Å². The highest BCUT2D eigenvalue weighted by atomic mass is 19.3. The van der Waals surface area contributed by atoms with E-state index in [1.54, 1.807) is 18.2 Å². The lowest BCUT2D eigenvalue weighted by molar-refractivity contribution is -0.148. The van der Waals surface area contributed by atoms with E-state index in [2.05, 4.69) is 10.6 Å². The fraction of sp³-hybridized carbons (Fsp3) is 0.469. The number of aromatic carboxylic acids is 1. The molecular formula is C32H35F4N3O6. The molecule has 242 valence electrons. The van der Waals surface area contributed by atoms with Crippen molar-refractivity contribution in [3.05, 3.63) is 70.8 Å². The molecule has 0 bridgehead atoms. The summed E-state index contributed by atoms with van der Waals surface area (Å²) in [5.41, 5.74) is -0.290. The first kappa shape index (κ1) is 33.6. The third-order valence-corrected chi connectivity index (χ3v) is 8.43. The Kier molecular flexibility index (Phi) is 11.3. The number of ketones is 1. The second-order valence-electron chi connectivity index (χ2n) is 11.5. The fourth-order valence-electron chi connectivity index (χ4n) is 6.08. The zero-order valence-corrected chi connectivity index (χ0v) is 24.4. The quantitative estimate of drug-likeness (QED) is 0.226. The van der Waals surface area contributed by atoms with Crippen molar-refractivity contribution in [1.82, 2.24) is 15.5 Å². The molecule has 0 unspecified atom stereocenters. The Hall–Kier alpha value is -4.29. The van der Waals surface area contributed by atoms with Crippen molar-refractivity contribution in [1.29, 1.82) is 0 Å². The molecule has 1 saturated heterocycles. The number of carbonyl (C=O) groups is 5. The molecule has 0 radical (unpaired) electrons. The Bertz CT molecular complexity index is 1390. The molecule has 3 amide bonds. The van der Waals surface area contributed by atoms with Gasteiger partial charge in [0.1, 0.15) is 23.7 Å². The number of hydrogen-bond acceptors (Lipinski definition) is 5. The Morgan fingerprint density at radius 3 is 2.22 bits per heavy atom. The molecule has 9 nitrogen and oxygen atoms in total. The Balaban J connectivity index is 1.45. The summed E-state index contributed by atoms with van der Waals surface area (Å²) in [6.07, 6.45) is -0.701. The topological polar surface area (TPSA) is 133 Å². The molecule has 2 fully saturated rings. The fourth-order valence-corrected chi connectivity index (χ4v) is 6.08. The first-order valence-corrected chi connectivity index (χ1v) is 14.9. The highest BCUT2D eigenvalue weighted by Crippen LogP contribution is 2.33. The number of carboxylic acids is 1. The average Bonchev–Trinajstić information content (AvgIpc) is 3.68. The minimum atomic E-state index is -3.01. The number of rotatable bonds is 13. The first-order valence-electron chi connectivity index (χ1n) is 14.9. The minimum absolute atomic E-state index is 0.0564. The summed E-state index contributed by atoms with van der Waals surface area (Å²) in [5.74, 6) is -7.42. The van der Waals surface area contributed by atoms with Crippen LogP contribution in [-0.4, -0.2) is 71.1 Å². The molecule has 1 aliphatic carbocycles. The normalized spacial score (nSPS) is 19.0. The van der Waals surface area contributed by atoms with E-state index in [0.29, 0.717) is 12.1 Å². The van der Waals surface area contributed by atoms with Crippen LogP contribution in [0, 0.1) is 17.6 Å². The molecule has 1 heterocycles. The molecule has 2 aromatic carbocycles. The number of halogens is 4. The predicted molar refractivity (Wildman–Crippen MR) is 153 cm³/mol. The number of alkyl halides is 2. The molecule has 3 atom stereocenters. The average molecular weight is 634 g/mol. The van der Waals surface area contributed by atoms with E-state index >= 15 is 0 Å². The molecule has 1 aliphatic heterocycles. The summed E-state index contributed by atoms with van der Waals surface area (Å²) >= 11 is 0. The van der Waals surface area contributed by atoms with Gasteiger partial charge in [0.2, 0.25) is 24.0 Å². The van der Waals surface area contributed by atoms with Gasteiger partial charge in [0.05, 0.1) is 5.56 Å². The Morgan fingerprint density at radius 2 is 1.62 bits per heavy atom. The summed E-state index contributed by atoms with van der Waals surface area (Å²) in [4.78, 5) is 64.8. The van der Waals surface area contributed by atoms with Gasteiger partial charge in [-0.15, -0.1) is 0 Å². The van der Waals surface area contributed by atoms with Crippen LogP contribution in [-0.2, 0) is 25.6 Å². The third kappa shape index (κ3) is 8.67. The Labute approximate surface area is 257 Å². The number of nitrogens with zero attached hydrogens (tertiary/aromatic N) is 1. The van der Waals surface area contributed by atoms with Crippen LogP contribution < -0.4 is 10.6 Å². The number of amides is 3. The van der Waals surface area contributed by atoms with E-state index in [1.807, 2.05) is 12.1 Å². The van der Waals surface area contributed by atoms with Gasteiger partial charge in [0.25, 0.3) is 5.91 Å². The smallest absolute Gasteiger partial charge is 0.335 e. The number of nitrogens with one attached hydrogen (secondary N) is 2. The third-order valence-electron chi connectivity index (χ3n) is 8.43. The van der Waals surface area contributed by atoms with Crippen LogP contribution in [0.3, 0.4) is 0 Å². The zero-order valence-electron chi connectivity index (χ0n) is 24.4. The highest BCUT2D eigenvalue weighted by molar-refractivity contribution is 6.36. The molecule has 4 rings (SSSR count). The number of benzene rings is 2. The van der Waals surface area contributed by atoms with Crippen LogP contribution in [0.2, 0.25) is 0 Å². The molecule has 13 heteroatoms. The molecule has 1 saturated carbocycles. The summed E-state index contributed by atoms with van der Waals surface area (Å²) in [6, 6.07) is 7.34. The summed E-state index contributed by atoms with van der Waals surface area (Å²) < 4.78 is 55.5. The van der Waals surface area contributed by atoms with E-state index in [9.17, 15) is 41.5 Å². The minimum Gasteiger partial charge on any atom is -0.478 e. The predicted octanol–water partition coefficient (Wildman–Crippen LogP) is 4.00. The number of likely N-dealkylation sites (tertiary alicyclic amines) is 1. The monoisotopic (exact) mass is 633 g/mol. The van der Waals surface area contributed by atoms with Gasteiger partial charge >= 0.3 is 5.97 Å². The summed E-state index contributed by atoms with van der Waals surface area (Å²) in [5, 5.41) is 13.5. The zero-order chi connectivity index (χ0) is 32.7. The second kappa shape index (κ2) is 15.1. The summed E-state index contributed by atoms with van der Waals surface area (Å²) in [6.45, 7) is -0.352. The van der Waals surface area contributed by atoms with E-state index in [4.69, 9.17) is 5.11 Å². The van der Waals surface area contributed by atoms with E-state index in [0.717, 1.165) is 36.1 Å². The second-order valence-corrected chi connectivity index (χ2v) is 11.5. The number of hydrogen-bond donors (Lipinski definition) is 3. The molecule has 2 aliphatic rings. The van der Waals surface area contributed by atoms with Crippen LogP contribution in [0.1, 0.15) is 72.3 Å². The molecular weight excluding hydrogens is 598 g/mol. The molecule has 0 aromatic heterocycles. The van der Waals surface area contributed by atoms with Crippen molar-refractivity contribution in [3.8, 4) is 0 Å². The maximum atomic E-state index is 14.3. The highest BCUT2D eigenvalue weighted by Gasteiger charge is 2.43. The molecule has 0 spiro atoms. The van der Waals surface area contributed by atoms with Gasteiger partial charge in [-0.2, -0.15) is 0 Å². The van der Waals surface area contributed by atoms with Crippen molar-refractivity contribution in [2.24, 2.45) is 5.92 Å². The van der Waals surface area contributed by atoms with Gasteiger partial charge in [-0.1, -0.05) is 56.0 Å². The van der Waals surface area contributed by atoms with Gasteiger partial charge in [0, 0.05) is 37.4 Å². The first-order chi connectivity index (χ1) is 21.4. The lowest BCUT2D eigenvalue weighted by Gasteiger charge is -2.26. The maximum Gasteiger partial charge on any atom is 0.335 e. The van der Waals surface area contributed by atoms with Crippen molar-refractivity contribution in [3.63, 3.8) is 0 Å². The van der Waals surface area contributed by atoms with E-state index in [1.165, 1.54) is 0 Å². The van der Waals surface area contributed by atoms with Gasteiger partial charge in [-0.3, -0.25) is 19.2 Å². The van der Waals surface area contributed by atoms with Crippen LogP contribution >= 0.6 is 0 Å². The van der Waals surface area contributed by atoms with Crippen molar-refractivity contribution in [2.75, 3.05) is 13.1 Å². The van der Waals surface area contributed by atoms with Crippen LogP contribution in [0.15, 0.2) is 42.5 Å². The summed E-state index contributed by atoms with van der Waals surface area (Å²) in [7, 11) is 0. The van der Waals surface area contributed by atoms with Crippen molar-refractivity contribution >= 4 is 29.5 Å². The van der Waals surface area contributed by atoms with Crippen molar-refractivity contribution < 1.29 is 46.6 Å². The van der Waals surface area contributed by atoms with E-state index in [-0.39, 0.29) is 31.2 Å². The van der Waals surface area contributed by atoms with Crippen LogP contribution in [0.25, 0.3) is 0 Å². The molecule has 2 aromatic rings. The van der Waals surface area contributed by atoms with Gasteiger partial charge in [-0.05, 0) is 36.5 Å². The SMILES string of the molecule is O=C(CC1CCCC1)C(=O)N1C[C@H](c2ccccc2)C[C@H]1C(=O)N[C@@H](CC(F)F)C(=O)NCCc1c(F)cc(C(=O)O)cc1F. The van der Waals surface area contributed by atoms with E-state index < -0.39 is 90.1 Å². The number of carboxylic acid groups (broad SMARTS) is 1. The lowest BCUT2D eigenvalue weighted by atomic mass is 9.96. The van der Waals surface area contributed by atoms with Gasteiger partial charge in [-0.25, -0.2) is 22.4 Å². The largest absolute Gasteiger partial charge is 0.478 e. The van der Waals surface area contributed by atoms with Gasteiger partial charge < -0.3 is 20.6 Å². The lowest BCUT2D eigenvalue weighted by Crippen LogP contribution is -2.54. The Morgan fingerprint density at radius 1 is 0.978 bits per heavy atom. The standard InChI is InChI=1S/C32H35F4N3O6/c33-23-13-20(32(44)45)14-24(34)22(23)10-11-37-29(41)25(16-28(35)36)38-30(42)26-15-21(19-8-2-1-3-9-19)17-39(26)31(43)27(40)12-18-6-4-5-7-18/h1-3,8-9,13-14,18,21,25-26,28H,4-7,10-12,15-17H2,(H,37,41)(H,38,42)(H,44,45)/t21-,25+,26+/m1/s1. The number of carbonyl (C=O) groups excluding carboxylic acids is 4. The van der Waals surface area contributed by atoms with Crippen LogP contribution in [0.4, 0.5) is 17.6 Å².